The van der Waals surface area contributed by atoms with E-state index in [0.717, 1.165) is 6.61 Å². The first kappa shape index (κ1) is 22.9. The zero-order valence-electron chi connectivity index (χ0n) is 17.1. The maximum absolute atomic E-state index is 6.08. The summed E-state index contributed by atoms with van der Waals surface area (Å²) < 4.78 is 6.08. The molecule has 0 fully saturated rings. The lowest BCUT2D eigenvalue weighted by atomic mass is 9.82. The van der Waals surface area contributed by atoms with Crippen LogP contribution in [0.3, 0.4) is 0 Å². The molecule has 0 aliphatic carbocycles. The van der Waals surface area contributed by atoms with E-state index in [0.29, 0.717) is 5.92 Å². The standard InChI is InChI=1S/C21H45NO/c1-7-11-12-13-14-15-17-20(21(5,6)23-10-4)18-16-19-22(8-2)9-3/h20H,7-19H2,1-6H3. The van der Waals surface area contributed by atoms with Gasteiger partial charge in [0, 0.05) is 6.61 Å². The topological polar surface area (TPSA) is 12.5 Å². The molecule has 140 valence electrons. The molecule has 0 saturated heterocycles. The minimum Gasteiger partial charge on any atom is -0.376 e. The molecule has 0 heterocycles. The zero-order valence-corrected chi connectivity index (χ0v) is 17.1. The molecule has 0 aromatic rings. The Morgan fingerprint density at radius 1 is 0.783 bits per heavy atom. The van der Waals surface area contributed by atoms with Crippen molar-refractivity contribution < 1.29 is 4.74 Å². The van der Waals surface area contributed by atoms with Gasteiger partial charge in [0.1, 0.15) is 0 Å². The second-order valence-corrected chi connectivity index (χ2v) is 7.46. The van der Waals surface area contributed by atoms with E-state index in [1.54, 1.807) is 0 Å². The second-order valence-electron chi connectivity index (χ2n) is 7.46. The number of rotatable bonds is 16. The van der Waals surface area contributed by atoms with Crippen molar-refractivity contribution in [2.45, 2.75) is 105 Å². The number of hydrogen-bond donors (Lipinski definition) is 0. The van der Waals surface area contributed by atoms with Crippen molar-refractivity contribution in [2.24, 2.45) is 5.92 Å². The van der Waals surface area contributed by atoms with E-state index in [1.807, 2.05) is 0 Å². The summed E-state index contributed by atoms with van der Waals surface area (Å²) in [6, 6.07) is 0. The van der Waals surface area contributed by atoms with Gasteiger partial charge in [0.25, 0.3) is 0 Å². The highest BCUT2D eigenvalue weighted by molar-refractivity contribution is 4.80. The SMILES string of the molecule is CCCCCCCCC(CCCN(CC)CC)C(C)(C)OCC. The van der Waals surface area contributed by atoms with Crippen LogP contribution in [-0.4, -0.2) is 36.7 Å². The van der Waals surface area contributed by atoms with Gasteiger partial charge in [-0.05, 0) is 65.6 Å². The first-order chi connectivity index (χ1) is 11.0. The Morgan fingerprint density at radius 3 is 1.91 bits per heavy atom. The number of hydrogen-bond acceptors (Lipinski definition) is 2. The largest absolute Gasteiger partial charge is 0.376 e. The molecule has 0 spiro atoms. The van der Waals surface area contributed by atoms with Crippen molar-refractivity contribution in [3.05, 3.63) is 0 Å². The predicted molar refractivity (Wildman–Crippen MR) is 104 cm³/mol. The van der Waals surface area contributed by atoms with Gasteiger partial charge in [0.2, 0.25) is 0 Å². The summed E-state index contributed by atoms with van der Waals surface area (Å²) in [5, 5.41) is 0. The fraction of sp³-hybridized carbons (Fsp3) is 1.00. The molecule has 0 bridgehead atoms. The number of unbranched alkanes of at least 4 members (excludes halogenated alkanes) is 5. The third-order valence-electron chi connectivity index (χ3n) is 5.33. The van der Waals surface area contributed by atoms with E-state index in [2.05, 4.69) is 46.4 Å². The van der Waals surface area contributed by atoms with Crippen LogP contribution >= 0.6 is 0 Å². The summed E-state index contributed by atoms with van der Waals surface area (Å²) >= 11 is 0. The average molecular weight is 328 g/mol. The third kappa shape index (κ3) is 11.2. The zero-order chi connectivity index (χ0) is 17.6. The predicted octanol–water partition coefficient (Wildman–Crippen LogP) is 6.29. The fourth-order valence-electron chi connectivity index (χ4n) is 3.60. The van der Waals surface area contributed by atoms with E-state index in [-0.39, 0.29) is 5.60 Å². The molecule has 2 nitrogen and oxygen atoms in total. The molecule has 1 atom stereocenters. The molecule has 0 N–H and O–H groups in total. The molecule has 0 aliphatic rings. The molecule has 0 radical (unpaired) electrons. The summed E-state index contributed by atoms with van der Waals surface area (Å²) in [6.45, 7) is 18.0. The molecular weight excluding hydrogens is 282 g/mol. The van der Waals surface area contributed by atoms with Gasteiger partial charge in [-0.1, -0.05) is 59.3 Å². The Bertz CT molecular complexity index is 248. The molecule has 0 aromatic carbocycles. The molecular formula is C21H45NO. The van der Waals surface area contributed by atoms with Gasteiger partial charge in [-0.25, -0.2) is 0 Å². The lowest BCUT2D eigenvalue weighted by molar-refractivity contribution is -0.0608. The lowest BCUT2D eigenvalue weighted by Crippen LogP contribution is -2.35. The Morgan fingerprint density at radius 2 is 1.35 bits per heavy atom. The lowest BCUT2D eigenvalue weighted by Gasteiger charge is -2.35. The summed E-state index contributed by atoms with van der Waals surface area (Å²) in [6.07, 6.45) is 12.3. The van der Waals surface area contributed by atoms with Crippen LogP contribution in [-0.2, 0) is 4.74 Å². The summed E-state index contributed by atoms with van der Waals surface area (Å²) in [5.74, 6) is 0.698. The van der Waals surface area contributed by atoms with Crippen LogP contribution in [0.5, 0.6) is 0 Å². The molecule has 2 heteroatoms. The quantitative estimate of drug-likeness (QED) is 0.309. The van der Waals surface area contributed by atoms with Crippen molar-refractivity contribution in [3.8, 4) is 0 Å². The molecule has 0 aliphatic heterocycles. The highest BCUT2D eigenvalue weighted by atomic mass is 16.5. The molecule has 0 aromatic heterocycles. The van der Waals surface area contributed by atoms with Crippen LogP contribution in [0.25, 0.3) is 0 Å². The first-order valence-corrected chi connectivity index (χ1v) is 10.4. The maximum atomic E-state index is 6.08. The van der Waals surface area contributed by atoms with E-state index >= 15 is 0 Å². The van der Waals surface area contributed by atoms with Crippen LogP contribution < -0.4 is 0 Å². The van der Waals surface area contributed by atoms with Gasteiger partial charge in [-0.15, -0.1) is 0 Å². The van der Waals surface area contributed by atoms with Crippen LogP contribution in [0, 0.1) is 5.92 Å². The van der Waals surface area contributed by atoms with Gasteiger partial charge in [0.15, 0.2) is 0 Å². The van der Waals surface area contributed by atoms with Crippen molar-refractivity contribution >= 4 is 0 Å². The van der Waals surface area contributed by atoms with Crippen molar-refractivity contribution in [3.63, 3.8) is 0 Å². The monoisotopic (exact) mass is 327 g/mol. The van der Waals surface area contributed by atoms with E-state index < -0.39 is 0 Å². The second kappa shape index (κ2) is 14.3. The highest BCUT2D eigenvalue weighted by Crippen LogP contribution is 2.31. The van der Waals surface area contributed by atoms with Gasteiger partial charge < -0.3 is 9.64 Å². The van der Waals surface area contributed by atoms with Gasteiger partial charge in [-0.3, -0.25) is 0 Å². The highest BCUT2D eigenvalue weighted by Gasteiger charge is 2.29. The molecule has 0 amide bonds. The van der Waals surface area contributed by atoms with Gasteiger partial charge >= 0.3 is 0 Å². The number of nitrogens with zero attached hydrogens (tertiary/aromatic N) is 1. The minimum absolute atomic E-state index is 0.0292. The molecule has 0 saturated carbocycles. The molecule has 23 heavy (non-hydrogen) atoms. The first-order valence-electron chi connectivity index (χ1n) is 10.4. The summed E-state index contributed by atoms with van der Waals surface area (Å²) in [7, 11) is 0. The smallest absolute Gasteiger partial charge is 0.0654 e. The summed E-state index contributed by atoms with van der Waals surface area (Å²) in [5.41, 5.74) is 0.0292. The summed E-state index contributed by atoms with van der Waals surface area (Å²) in [4.78, 5) is 2.54. The van der Waals surface area contributed by atoms with Crippen LogP contribution in [0.2, 0.25) is 0 Å². The maximum Gasteiger partial charge on any atom is 0.0654 e. The third-order valence-corrected chi connectivity index (χ3v) is 5.33. The van der Waals surface area contributed by atoms with E-state index in [9.17, 15) is 0 Å². The van der Waals surface area contributed by atoms with Crippen LogP contribution in [0.15, 0.2) is 0 Å². The van der Waals surface area contributed by atoms with Crippen LogP contribution in [0.1, 0.15) is 99.3 Å². The molecule has 0 rings (SSSR count). The Labute approximate surface area is 147 Å². The Hall–Kier alpha value is -0.0800. The van der Waals surface area contributed by atoms with Crippen molar-refractivity contribution in [1.29, 1.82) is 0 Å². The van der Waals surface area contributed by atoms with Gasteiger partial charge in [0.05, 0.1) is 5.60 Å². The van der Waals surface area contributed by atoms with E-state index in [4.69, 9.17) is 4.74 Å². The van der Waals surface area contributed by atoms with Gasteiger partial charge in [-0.2, -0.15) is 0 Å². The Balaban J connectivity index is 4.24. The minimum atomic E-state index is 0.0292. The van der Waals surface area contributed by atoms with E-state index in [1.165, 1.54) is 77.4 Å². The Kier molecular flexibility index (Phi) is 14.2. The van der Waals surface area contributed by atoms with Crippen molar-refractivity contribution in [1.82, 2.24) is 4.90 Å². The van der Waals surface area contributed by atoms with Crippen LogP contribution in [0.4, 0.5) is 0 Å². The average Bonchev–Trinajstić information content (AvgIpc) is 2.52. The normalized spacial score (nSPS) is 13.7. The molecule has 1 unspecified atom stereocenters. The van der Waals surface area contributed by atoms with Crippen molar-refractivity contribution in [2.75, 3.05) is 26.2 Å². The fourth-order valence-corrected chi connectivity index (χ4v) is 3.60. The number of ether oxygens (including phenoxy) is 1.